The molecule has 3 aliphatic heterocycles. The van der Waals surface area contributed by atoms with E-state index < -0.39 is 0 Å². The van der Waals surface area contributed by atoms with Gasteiger partial charge in [0.2, 0.25) is 5.91 Å². The Bertz CT molecular complexity index is 866. The Morgan fingerprint density at radius 3 is 2.40 bits per heavy atom. The van der Waals surface area contributed by atoms with Crippen LogP contribution in [0.4, 0.5) is 5.69 Å². The number of carbonyl (C=O) groups is 3. The summed E-state index contributed by atoms with van der Waals surface area (Å²) in [7, 11) is 2.05. The van der Waals surface area contributed by atoms with Crippen molar-refractivity contribution in [3.05, 3.63) is 35.5 Å². The van der Waals surface area contributed by atoms with Crippen LogP contribution in [0, 0.1) is 0 Å². The summed E-state index contributed by atoms with van der Waals surface area (Å²) >= 11 is 0. The Balaban J connectivity index is 1.66. The number of hydrogen-bond donors (Lipinski definition) is 1. The molecule has 3 heterocycles. The third-order valence-electron chi connectivity index (χ3n) is 5.87. The molecule has 3 aliphatic rings. The number of piperazine rings is 1. The number of ether oxygens (including phenoxy) is 1. The highest BCUT2D eigenvalue weighted by molar-refractivity contribution is 6.35. The molecule has 4 rings (SSSR count). The highest BCUT2D eigenvalue weighted by Crippen LogP contribution is 2.33. The van der Waals surface area contributed by atoms with Crippen LogP contribution >= 0.6 is 0 Å². The topological polar surface area (TPSA) is 82.2 Å². The number of rotatable bonds is 5. The Labute approximate surface area is 176 Å². The number of nitrogens with zero attached hydrogens (tertiary/aromatic N) is 3. The Morgan fingerprint density at radius 1 is 1.10 bits per heavy atom. The van der Waals surface area contributed by atoms with Gasteiger partial charge in [0.1, 0.15) is 5.70 Å². The number of likely N-dealkylation sites (N-methyl/N-ethyl adjacent to an activating group) is 1. The van der Waals surface area contributed by atoms with E-state index in [1.807, 2.05) is 4.90 Å². The van der Waals surface area contributed by atoms with Crippen LogP contribution in [0.15, 0.2) is 30.0 Å². The van der Waals surface area contributed by atoms with Crippen molar-refractivity contribution in [2.45, 2.75) is 25.9 Å². The van der Waals surface area contributed by atoms with Crippen LogP contribution in [0.25, 0.3) is 5.57 Å². The van der Waals surface area contributed by atoms with E-state index in [1.165, 1.54) is 11.8 Å². The van der Waals surface area contributed by atoms with Gasteiger partial charge in [-0.15, -0.1) is 0 Å². The minimum absolute atomic E-state index is 0.0897. The summed E-state index contributed by atoms with van der Waals surface area (Å²) in [5.74, 6) is -0.660. The van der Waals surface area contributed by atoms with Gasteiger partial charge >= 0.3 is 0 Å². The first-order valence-corrected chi connectivity index (χ1v) is 10.5. The zero-order valence-electron chi connectivity index (χ0n) is 17.5. The molecule has 8 heteroatoms. The molecule has 0 aromatic heterocycles. The summed E-state index contributed by atoms with van der Waals surface area (Å²) in [4.78, 5) is 43.6. The van der Waals surface area contributed by atoms with E-state index in [-0.39, 0.29) is 23.8 Å². The van der Waals surface area contributed by atoms with Crippen molar-refractivity contribution in [3.63, 3.8) is 0 Å². The molecular weight excluding hydrogens is 384 g/mol. The fourth-order valence-corrected chi connectivity index (χ4v) is 4.23. The lowest BCUT2D eigenvalue weighted by Crippen LogP contribution is -2.46. The first-order valence-electron chi connectivity index (χ1n) is 10.5. The van der Waals surface area contributed by atoms with E-state index in [4.69, 9.17) is 4.74 Å². The molecule has 1 unspecified atom stereocenters. The number of hydrogen-bond acceptors (Lipinski definition) is 6. The minimum Gasteiger partial charge on any atom is -0.376 e. The SMILES string of the molecule is CC(=O)Nc1ccc(C2=C(N3CCN(C)CC3)C(=O)N(CC3CCCO3)C2=O)cc1. The van der Waals surface area contributed by atoms with Crippen LogP contribution in [0.5, 0.6) is 0 Å². The van der Waals surface area contributed by atoms with Gasteiger partial charge in [0.05, 0.1) is 18.2 Å². The summed E-state index contributed by atoms with van der Waals surface area (Å²) in [6.45, 7) is 5.50. The molecule has 0 radical (unpaired) electrons. The first-order chi connectivity index (χ1) is 14.4. The monoisotopic (exact) mass is 412 g/mol. The van der Waals surface area contributed by atoms with E-state index >= 15 is 0 Å². The zero-order valence-corrected chi connectivity index (χ0v) is 17.5. The fraction of sp³-hybridized carbons (Fsp3) is 0.500. The lowest BCUT2D eigenvalue weighted by Gasteiger charge is -2.34. The Kier molecular flexibility index (Phi) is 5.87. The predicted octanol–water partition coefficient (Wildman–Crippen LogP) is 1.15. The normalized spacial score (nSPS) is 22.9. The van der Waals surface area contributed by atoms with Crippen LogP contribution < -0.4 is 5.32 Å². The van der Waals surface area contributed by atoms with Gasteiger partial charge in [-0.2, -0.15) is 0 Å². The molecule has 1 aromatic carbocycles. The summed E-state index contributed by atoms with van der Waals surface area (Å²) < 4.78 is 5.67. The molecule has 2 fully saturated rings. The van der Waals surface area contributed by atoms with Gasteiger partial charge in [0.25, 0.3) is 11.8 Å². The van der Waals surface area contributed by atoms with Crippen LogP contribution in [0.3, 0.4) is 0 Å². The molecule has 1 N–H and O–H groups in total. The maximum atomic E-state index is 13.4. The first kappa shape index (κ1) is 20.6. The lowest BCUT2D eigenvalue weighted by molar-refractivity contribution is -0.139. The van der Waals surface area contributed by atoms with E-state index in [2.05, 4.69) is 17.3 Å². The number of benzene rings is 1. The summed E-state index contributed by atoms with van der Waals surface area (Å²) in [6, 6.07) is 7.09. The molecule has 160 valence electrons. The largest absolute Gasteiger partial charge is 0.376 e. The van der Waals surface area contributed by atoms with E-state index in [1.54, 1.807) is 24.3 Å². The minimum atomic E-state index is -0.267. The van der Waals surface area contributed by atoms with Crippen molar-refractivity contribution >= 4 is 29.0 Å². The second-order valence-electron chi connectivity index (χ2n) is 8.13. The number of anilines is 1. The molecule has 2 saturated heterocycles. The predicted molar refractivity (Wildman–Crippen MR) is 112 cm³/mol. The molecule has 1 aromatic rings. The molecule has 0 bridgehead atoms. The van der Waals surface area contributed by atoms with Crippen molar-refractivity contribution in [3.8, 4) is 0 Å². The van der Waals surface area contributed by atoms with Gasteiger partial charge in [0, 0.05) is 45.4 Å². The second-order valence-corrected chi connectivity index (χ2v) is 8.13. The van der Waals surface area contributed by atoms with Gasteiger partial charge in [-0.05, 0) is 37.6 Å². The number of carbonyl (C=O) groups excluding carboxylic acids is 3. The maximum Gasteiger partial charge on any atom is 0.277 e. The highest BCUT2D eigenvalue weighted by atomic mass is 16.5. The third kappa shape index (κ3) is 4.11. The van der Waals surface area contributed by atoms with Crippen molar-refractivity contribution < 1.29 is 19.1 Å². The van der Waals surface area contributed by atoms with Crippen LogP contribution in [0.2, 0.25) is 0 Å². The Morgan fingerprint density at radius 2 is 1.80 bits per heavy atom. The Hall–Kier alpha value is -2.71. The molecule has 1 atom stereocenters. The molecule has 30 heavy (non-hydrogen) atoms. The van der Waals surface area contributed by atoms with Crippen LogP contribution in [0.1, 0.15) is 25.3 Å². The maximum absolute atomic E-state index is 13.4. The van der Waals surface area contributed by atoms with Gasteiger partial charge in [-0.25, -0.2) is 0 Å². The average molecular weight is 412 g/mol. The van der Waals surface area contributed by atoms with E-state index in [9.17, 15) is 14.4 Å². The average Bonchev–Trinajstić information content (AvgIpc) is 3.31. The van der Waals surface area contributed by atoms with Crippen molar-refractivity contribution in [2.24, 2.45) is 0 Å². The molecule has 0 saturated carbocycles. The van der Waals surface area contributed by atoms with Gasteiger partial charge in [-0.3, -0.25) is 19.3 Å². The van der Waals surface area contributed by atoms with Crippen LogP contribution in [-0.4, -0.2) is 84.9 Å². The van der Waals surface area contributed by atoms with Crippen molar-refractivity contribution in [1.82, 2.24) is 14.7 Å². The number of amides is 3. The van der Waals surface area contributed by atoms with Crippen LogP contribution in [-0.2, 0) is 19.1 Å². The smallest absolute Gasteiger partial charge is 0.277 e. The zero-order chi connectivity index (χ0) is 21.3. The van der Waals surface area contributed by atoms with E-state index in [0.717, 1.165) is 25.9 Å². The molecular formula is C22H28N4O4. The molecule has 3 amide bonds. The summed E-state index contributed by atoms with van der Waals surface area (Å²) in [5.41, 5.74) is 2.27. The molecule has 8 nitrogen and oxygen atoms in total. The fourth-order valence-electron chi connectivity index (χ4n) is 4.23. The second kappa shape index (κ2) is 8.57. The summed E-state index contributed by atoms with van der Waals surface area (Å²) in [6.07, 6.45) is 1.73. The van der Waals surface area contributed by atoms with Crippen molar-refractivity contribution in [1.29, 1.82) is 0 Å². The van der Waals surface area contributed by atoms with Gasteiger partial charge in [0.15, 0.2) is 0 Å². The standard InChI is InChI=1S/C22H28N4O4/c1-15(27)23-17-7-5-16(6-8-17)19-20(25-11-9-24(2)10-12-25)22(29)26(21(19)28)14-18-4-3-13-30-18/h5-8,18H,3-4,9-14H2,1-2H3,(H,23,27). The number of imide groups is 1. The van der Waals surface area contributed by atoms with E-state index in [0.29, 0.717) is 48.8 Å². The van der Waals surface area contributed by atoms with Gasteiger partial charge < -0.3 is 19.9 Å². The molecule has 0 aliphatic carbocycles. The highest BCUT2D eigenvalue weighted by Gasteiger charge is 2.43. The summed E-state index contributed by atoms with van der Waals surface area (Å²) in [5, 5.41) is 2.73. The van der Waals surface area contributed by atoms with Crippen molar-refractivity contribution in [2.75, 3.05) is 51.7 Å². The lowest BCUT2D eigenvalue weighted by atomic mass is 10.0. The molecule has 0 spiro atoms. The third-order valence-corrected chi connectivity index (χ3v) is 5.87. The number of nitrogens with one attached hydrogen (secondary N) is 1. The quantitative estimate of drug-likeness (QED) is 0.731. The van der Waals surface area contributed by atoms with Gasteiger partial charge in [-0.1, -0.05) is 12.1 Å².